The van der Waals surface area contributed by atoms with Gasteiger partial charge in [0.2, 0.25) is 0 Å². The van der Waals surface area contributed by atoms with Crippen LogP contribution in [-0.2, 0) is 11.3 Å². The van der Waals surface area contributed by atoms with Crippen molar-refractivity contribution in [3.05, 3.63) is 64.6 Å². The van der Waals surface area contributed by atoms with E-state index in [9.17, 15) is 4.79 Å². The van der Waals surface area contributed by atoms with Crippen LogP contribution >= 0.6 is 15.9 Å². The first-order valence-electron chi connectivity index (χ1n) is 6.83. The smallest absolute Gasteiger partial charge is 0.414 e. The highest BCUT2D eigenvalue weighted by atomic mass is 79.9. The maximum atomic E-state index is 12.4. The molecule has 0 aliphatic heterocycles. The lowest BCUT2D eigenvalue weighted by atomic mass is 10.2. The third kappa shape index (κ3) is 4.33. The highest BCUT2D eigenvalue weighted by Crippen LogP contribution is 2.23. The zero-order chi connectivity index (χ0) is 15.2. The quantitative estimate of drug-likeness (QED) is 0.778. The van der Waals surface area contributed by atoms with Gasteiger partial charge in [-0.05, 0) is 37.6 Å². The molecule has 0 saturated heterocycles. The van der Waals surface area contributed by atoms with Crippen molar-refractivity contribution < 1.29 is 9.53 Å². The van der Waals surface area contributed by atoms with Gasteiger partial charge in [0.25, 0.3) is 0 Å². The fourth-order valence-corrected chi connectivity index (χ4v) is 2.42. The highest BCUT2D eigenvalue weighted by molar-refractivity contribution is 9.10. The molecule has 1 amide bonds. The fourth-order valence-electron chi connectivity index (χ4n) is 2.03. The Labute approximate surface area is 133 Å². The van der Waals surface area contributed by atoms with E-state index < -0.39 is 0 Å². The summed E-state index contributed by atoms with van der Waals surface area (Å²) in [5, 5.41) is 0. The van der Waals surface area contributed by atoms with Crippen LogP contribution in [0.1, 0.15) is 19.4 Å². The van der Waals surface area contributed by atoms with E-state index in [2.05, 4.69) is 15.9 Å². The van der Waals surface area contributed by atoms with E-state index in [-0.39, 0.29) is 18.7 Å². The van der Waals surface area contributed by atoms with Crippen LogP contribution in [0.3, 0.4) is 0 Å². The molecule has 0 N–H and O–H groups in total. The third-order valence-corrected chi connectivity index (χ3v) is 3.50. The first-order chi connectivity index (χ1) is 10.1. The molecule has 0 aromatic heterocycles. The lowest BCUT2D eigenvalue weighted by Crippen LogP contribution is -2.37. The van der Waals surface area contributed by atoms with Crippen LogP contribution in [-0.4, -0.2) is 12.1 Å². The Morgan fingerprint density at radius 2 is 1.86 bits per heavy atom. The van der Waals surface area contributed by atoms with Gasteiger partial charge in [-0.15, -0.1) is 0 Å². The van der Waals surface area contributed by atoms with Gasteiger partial charge in [0.15, 0.2) is 0 Å². The van der Waals surface area contributed by atoms with Crippen LogP contribution in [0.4, 0.5) is 10.5 Å². The molecule has 0 bridgehead atoms. The summed E-state index contributed by atoms with van der Waals surface area (Å²) in [6, 6.07) is 17.3. The molecule has 2 aromatic carbocycles. The number of carbonyl (C=O) groups is 1. The highest BCUT2D eigenvalue weighted by Gasteiger charge is 2.20. The molecule has 3 nitrogen and oxygen atoms in total. The van der Waals surface area contributed by atoms with Crippen molar-refractivity contribution in [1.82, 2.24) is 0 Å². The minimum absolute atomic E-state index is 0.0163. The maximum Gasteiger partial charge on any atom is 0.414 e. The van der Waals surface area contributed by atoms with Crippen molar-refractivity contribution in [3.63, 3.8) is 0 Å². The molecular weight excluding hydrogens is 330 g/mol. The fraction of sp³-hybridized carbons (Fsp3) is 0.235. The molecule has 2 rings (SSSR count). The third-order valence-electron chi connectivity index (χ3n) is 3.00. The summed E-state index contributed by atoms with van der Waals surface area (Å²) in [6.07, 6.45) is -0.341. The minimum atomic E-state index is -0.341. The number of amides is 1. The van der Waals surface area contributed by atoms with E-state index >= 15 is 0 Å². The topological polar surface area (TPSA) is 29.5 Å². The average Bonchev–Trinajstić information content (AvgIpc) is 2.46. The Bertz CT molecular complexity index is 599. The molecule has 0 saturated carbocycles. The van der Waals surface area contributed by atoms with Gasteiger partial charge in [0.1, 0.15) is 6.61 Å². The molecule has 110 valence electrons. The van der Waals surface area contributed by atoms with Gasteiger partial charge in [0, 0.05) is 16.2 Å². The predicted molar refractivity (Wildman–Crippen MR) is 88.4 cm³/mol. The van der Waals surface area contributed by atoms with Gasteiger partial charge in [-0.2, -0.15) is 0 Å². The van der Waals surface area contributed by atoms with E-state index in [4.69, 9.17) is 4.74 Å². The molecule has 0 aliphatic carbocycles. The van der Waals surface area contributed by atoms with Crippen molar-refractivity contribution in [1.29, 1.82) is 0 Å². The van der Waals surface area contributed by atoms with Crippen molar-refractivity contribution in [2.45, 2.75) is 26.5 Å². The monoisotopic (exact) mass is 347 g/mol. The van der Waals surface area contributed by atoms with Crippen LogP contribution in [0.25, 0.3) is 0 Å². The lowest BCUT2D eigenvalue weighted by Gasteiger charge is -2.26. The Hall–Kier alpha value is -1.81. The van der Waals surface area contributed by atoms with E-state index in [1.807, 2.05) is 68.4 Å². The molecule has 0 spiro atoms. The molecule has 4 heteroatoms. The number of carbonyl (C=O) groups excluding carboxylic acids is 1. The van der Waals surface area contributed by atoms with Crippen LogP contribution in [0.15, 0.2) is 59.1 Å². The Morgan fingerprint density at radius 3 is 2.48 bits per heavy atom. The molecule has 0 fully saturated rings. The second-order valence-electron chi connectivity index (χ2n) is 4.98. The van der Waals surface area contributed by atoms with Crippen LogP contribution in [0.5, 0.6) is 0 Å². The molecule has 0 heterocycles. The van der Waals surface area contributed by atoms with Gasteiger partial charge < -0.3 is 4.74 Å². The number of nitrogens with zero attached hydrogens (tertiary/aromatic N) is 1. The number of benzene rings is 2. The number of hydrogen-bond acceptors (Lipinski definition) is 2. The lowest BCUT2D eigenvalue weighted by molar-refractivity contribution is 0.145. The van der Waals surface area contributed by atoms with Gasteiger partial charge in [-0.1, -0.05) is 52.3 Å². The minimum Gasteiger partial charge on any atom is -0.444 e. The van der Waals surface area contributed by atoms with Crippen LogP contribution in [0, 0.1) is 0 Å². The summed E-state index contributed by atoms with van der Waals surface area (Å²) in [4.78, 5) is 14.0. The first kappa shape index (κ1) is 15.6. The van der Waals surface area contributed by atoms with E-state index in [0.29, 0.717) is 0 Å². The summed E-state index contributed by atoms with van der Waals surface area (Å²) >= 11 is 3.43. The molecule has 0 radical (unpaired) electrons. The van der Waals surface area contributed by atoms with Gasteiger partial charge >= 0.3 is 6.09 Å². The number of ether oxygens (including phenoxy) is 1. The number of rotatable bonds is 4. The van der Waals surface area contributed by atoms with Crippen LogP contribution in [0.2, 0.25) is 0 Å². The molecular formula is C17H18BrNO2. The molecule has 0 atom stereocenters. The number of hydrogen-bond donors (Lipinski definition) is 0. The van der Waals surface area contributed by atoms with E-state index in [1.165, 1.54) is 0 Å². The second kappa shape index (κ2) is 7.27. The molecule has 0 aliphatic rings. The van der Waals surface area contributed by atoms with Crippen molar-refractivity contribution >= 4 is 27.7 Å². The summed E-state index contributed by atoms with van der Waals surface area (Å²) < 4.78 is 6.35. The van der Waals surface area contributed by atoms with Gasteiger partial charge in [-0.3, -0.25) is 4.90 Å². The first-order valence-corrected chi connectivity index (χ1v) is 7.62. The standard InChI is InChI=1S/C17H18BrNO2/c1-13(2)19(16-10-6-9-15(18)11-16)17(20)21-12-14-7-4-3-5-8-14/h3-11,13H,12H2,1-2H3. The van der Waals surface area contributed by atoms with E-state index in [1.54, 1.807) is 4.90 Å². The average molecular weight is 348 g/mol. The SMILES string of the molecule is CC(C)N(C(=O)OCc1ccccc1)c1cccc(Br)c1. The summed E-state index contributed by atoms with van der Waals surface area (Å²) in [5.41, 5.74) is 1.79. The van der Waals surface area contributed by atoms with E-state index in [0.717, 1.165) is 15.7 Å². The summed E-state index contributed by atoms with van der Waals surface area (Å²) in [6.45, 7) is 4.20. The normalized spacial score (nSPS) is 10.5. The largest absolute Gasteiger partial charge is 0.444 e. The summed E-state index contributed by atoms with van der Waals surface area (Å²) in [5.74, 6) is 0. The number of anilines is 1. The van der Waals surface area contributed by atoms with Gasteiger partial charge in [0.05, 0.1) is 0 Å². The predicted octanol–water partition coefficient (Wildman–Crippen LogP) is 5.00. The molecule has 0 unspecified atom stereocenters. The van der Waals surface area contributed by atoms with Crippen LogP contribution < -0.4 is 4.90 Å². The zero-order valence-electron chi connectivity index (χ0n) is 12.1. The molecule has 21 heavy (non-hydrogen) atoms. The maximum absolute atomic E-state index is 12.4. The summed E-state index contributed by atoms with van der Waals surface area (Å²) in [7, 11) is 0. The Kier molecular flexibility index (Phi) is 5.39. The van der Waals surface area contributed by atoms with Crippen molar-refractivity contribution in [2.75, 3.05) is 4.90 Å². The Balaban J connectivity index is 2.09. The Morgan fingerprint density at radius 1 is 1.14 bits per heavy atom. The molecule has 2 aromatic rings. The second-order valence-corrected chi connectivity index (χ2v) is 5.90. The van der Waals surface area contributed by atoms with Crippen molar-refractivity contribution in [3.8, 4) is 0 Å². The number of halogens is 1. The zero-order valence-corrected chi connectivity index (χ0v) is 13.7. The van der Waals surface area contributed by atoms with Gasteiger partial charge in [-0.25, -0.2) is 4.79 Å². The van der Waals surface area contributed by atoms with Crippen molar-refractivity contribution in [2.24, 2.45) is 0 Å².